The standard InChI is InChI=1S/C19H37N3O2.2CH2O2/c1-21(14-17-8-7-11-22(15-17)12-13-23)16-19(24)20-18-9-5-3-2-4-6-10-18;2*2-1-3/h17-18,23H,2-16H2,1H3,(H,20,24);2*1H,(H,2,3). The van der Waals surface area contributed by atoms with E-state index in [1.165, 1.54) is 44.9 Å². The van der Waals surface area contributed by atoms with E-state index < -0.39 is 0 Å². The minimum absolute atomic E-state index is 0.186. The van der Waals surface area contributed by atoms with Crippen molar-refractivity contribution in [1.29, 1.82) is 0 Å². The van der Waals surface area contributed by atoms with Gasteiger partial charge in [-0.3, -0.25) is 19.3 Å². The first-order valence-corrected chi connectivity index (χ1v) is 11.0. The lowest BCUT2D eigenvalue weighted by Gasteiger charge is -2.34. The molecule has 176 valence electrons. The number of nitrogens with zero attached hydrogens (tertiary/aromatic N) is 2. The largest absolute Gasteiger partial charge is 0.483 e. The average Bonchev–Trinajstić information content (AvgIpc) is 2.65. The van der Waals surface area contributed by atoms with Gasteiger partial charge in [0.05, 0.1) is 13.2 Å². The van der Waals surface area contributed by atoms with Gasteiger partial charge in [0.15, 0.2) is 0 Å². The molecule has 2 rings (SSSR count). The monoisotopic (exact) mass is 431 g/mol. The second-order valence-electron chi connectivity index (χ2n) is 8.05. The van der Waals surface area contributed by atoms with Crippen LogP contribution >= 0.6 is 0 Å². The molecule has 0 radical (unpaired) electrons. The molecular weight excluding hydrogens is 390 g/mol. The summed E-state index contributed by atoms with van der Waals surface area (Å²) in [6.45, 7) is 4.15. The number of aliphatic hydroxyl groups excluding tert-OH is 1. The molecular formula is C21H41N3O6. The van der Waals surface area contributed by atoms with Crippen molar-refractivity contribution in [3.63, 3.8) is 0 Å². The van der Waals surface area contributed by atoms with Crippen LogP contribution in [0.15, 0.2) is 0 Å². The van der Waals surface area contributed by atoms with E-state index in [1.807, 2.05) is 0 Å². The quantitative estimate of drug-likeness (QED) is 0.443. The topological polar surface area (TPSA) is 130 Å². The molecule has 0 aromatic rings. The predicted molar refractivity (Wildman–Crippen MR) is 115 cm³/mol. The molecule has 1 unspecified atom stereocenters. The maximum atomic E-state index is 12.3. The Bertz CT molecular complexity index is 436. The lowest BCUT2D eigenvalue weighted by atomic mass is 9.96. The highest BCUT2D eigenvalue weighted by Crippen LogP contribution is 2.18. The van der Waals surface area contributed by atoms with E-state index in [1.54, 1.807) is 0 Å². The van der Waals surface area contributed by atoms with Crippen LogP contribution in [0.2, 0.25) is 0 Å². The van der Waals surface area contributed by atoms with Crippen LogP contribution in [0.25, 0.3) is 0 Å². The highest BCUT2D eigenvalue weighted by atomic mass is 16.3. The Labute approximate surface area is 180 Å². The molecule has 9 nitrogen and oxygen atoms in total. The zero-order valence-corrected chi connectivity index (χ0v) is 18.4. The van der Waals surface area contributed by atoms with Gasteiger partial charge in [0.1, 0.15) is 0 Å². The van der Waals surface area contributed by atoms with Gasteiger partial charge in [0, 0.05) is 25.7 Å². The molecule has 1 atom stereocenters. The van der Waals surface area contributed by atoms with Crippen LogP contribution in [-0.4, -0.2) is 96.4 Å². The maximum Gasteiger partial charge on any atom is 0.290 e. The molecule has 1 aliphatic carbocycles. The first-order valence-electron chi connectivity index (χ1n) is 11.0. The summed E-state index contributed by atoms with van der Waals surface area (Å²) in [4.78, 5) is 33.6. The van der Waals surface area contributed by atoms with E-state index in [0.29, 0.717) is 18.5 Å². The first-order chi connectivity index (χ1) is 14.5. The summed E-state index contributed by atoms with van der Waals surface area (Å²) >= 11 is 0. The fourth-order valence-corrected chi connectivity index (χ4v) is 4.27. The molecule has 2 aliphatic rings. The zero-order chi connectivity index (χ0) is 22.6. The number of aliphatic hydroxyl groups is 1. The Morgan fingerprint density at radius 1 is 1.03 bits per heavy atom. The van der Waals surface area contributed by atoms with Gasteiger partial charge in [0.25, 0.3) is 12.9 Å². The molecule has 1 amide bonds. The van der Waals surface area contributed by atoms with Crippen LogP contribution in [0.5, 0.6) is 0 Å². The first kappa shape index (κ1) is 28.3. The fourth-order valence-electron chi connectivity index (χ4n) is 4.27. The van der Waals surface area contributed by atoms with Crippen LogP contribution in [0.4, 0.5) is 0 Å². The number of piperidine rings is 1. The molecule has 1 saturated carbocycles. The number of rotatable bonds is 7. The van der Waals surface area contributed by atoms with Crippen molar-refractivity contribution in [2.24, 2.45) is 5.92 Å². The van der Waals surface area contributed by atoms with Gasteiger partial charge in [-0.05, 0) is 45.2 Å². The Morgan fingerprint density at radius 2 is 1.60 bits per heavy atom. The van der Waals surface area contributed by atoms with Gasteiger partial charge in [-0.1, -0.05) is 32.1 Å². The van der Waals surface area contributed by atoms with Gasteiger partial charge >= 0.3 is 0 Å². The third-order valence-electron chi connectivity index (χ3n) is 5.47. The number of likely N-dealkylation sites (tertiary alicyclic amines) is 1. The Kier molecular flexibility index (Phi) is 18.2. The number of carbonyl (C=O) groups is 3. The number of nitrogens with one attached hydrogen (secondary N) is 1. The molecule has 9 heteroatoms. The highest BCUT2D eigenvalue weighted by Gasteiger charge is 2.22. The van der Waals surface area contributed by atoms with Crippen LogP contribution < -0.4 is 5.32 Å². The second kappa shape index (κ2) is 19.3. The third kappa shape index (κ3) is 15.2. The lowest BCUT2D eigenvalue weighted by Crippen LogP contribution is -2.45. The van der Waals surface area contributed by atoms with Crippen LogP contribution in [-0.2, 0) is 14.4 Å². The summed E-state index contributed by atoms with van der Waals surface area (Å²) in [5.41, 5.74) is 0. The van der Waals surface area contributed by atoms with Crippen molar-refractivity contribution in [2.45, 2.75) is 63.8 Å². The van der Waals surface area contributed by atoms with Crippen molar-refractivity contribution in [3.8, 4) is 0 Å². The van der Waals surface area contributed by atoms with Crippen molar-refractivity contribution in [1.82, 2.24) is 15.1 Å². The highest BCUT2D eigenvalue weighted by molar-refractivity contribution is 5.78. The summed E-state index contributed by atoms with van der Waals surface area (Å²) in [6.07, 6.45) is 11.2. The van der Waals surface area contributed by atoms with E-state index in [4.69, 9.17) is 24.9 Å². The van der Waals surface area contributed by atoms with Gasteiger partial charge in [-0.15, -0.1) is 0 Å². The lowest BCUT2D eigenvalue weighted by molar-refractivity contribution is -0.123. The van der Waals surface area contributed by atoms with Crippen molar-refractivity contribution in [2.75, 3.05) is 46.4 Å². The van der Waals surface area contributed by atoms with E-state index in [-0.39, 0.29) is 25.5 Å². The number of carboxylic acid groups (broad SMARTS) is 2. The zero-order valence-electron chi connectivity index (χ0n) is 18.4. The Morgan fingerprint density at radius 3 is 2.17 bits per heavy atom. The predicted octanol–water partition coefficient (Wildman–Crippen LogP) is 1.25. The van der Waals surface area contributed by atoms with Crippen LogP contribution in [0.1, 0.15) is 57.8 Å². The Hall–Kier alpha value is -1.71. The molecule has 1 heterocycles. The van der Waals surface area contributed by atoms with Gasteiger partial charge in [-0.25, -0.2) is 0 Å². The summed E-state index contributed by atoms with van der Waals surface area (Å²) in [7, 11) is 2.06. The number of carbonyl (C=O) groups excluding carboxylic acids is 1. The molecule has 0 bridgehead atoms. The number of β-amino-alcohol motifs (C(OH)–C–C–N with tert-alkyl or cyclic N) is 1. The summed E-state index contributed by atoms with van der Waals surface area (Å²) in [5, 5.41) is 26.1. The second-order valence-corrected chi connectivity index (χ2v) is 8.05. The molecule has 0 aromatic heterocycles. The number of hydrogen-bond donors (Lipinski definition) is 4. The molecule has 0 aromatic carbocycles. The van der Waals surface area contributed by atoms with Crippen LogP contribution in [0.3, 0.4) is 0 Å². The minimum atomic E-state index is -0.250. The average molecular weight is 432 g/mol. The smallest absolute Gasteiger partial charge is 0.290 e. The van der Waals surface area contributed by atoms with Crippen molar-refractivity contribution in [3.05, 3.63) is 0 Å². The molecule has 2 fully saturated rings. The van der Waals surface area contributed by atoms with E-state index >= 15 is 0 Å². The van der Waals surface area contributed by atoms with Gasteiger partial charge in [-0.2, -0.15) is 0 Å². The number of likely N-dealkylation sites (N-methyl/N-ethyl adjacent to an activating group) is 1. The van der Waals surface area contributed by atoms with Crippen LogP contribution in [0, 0.1) is 5.92 Å². The van der Waals surface area contributed by atoms with Crippen molar-refractivity contribution < 1.29 is 29.7 Å². The molecule has 30 heavy (non-hydrogen) atoms. The van der Waals surface area contributed by atoms with Gasteiger partial charge in [0.2, 0.25) is 5.91 Å². The minimum Gasteiger partial charge on any atom is -0.483 e. The fraction of sp³-hybridized carbons (Fsp3) is 0.857. The summed E-state index contributed by atoms with van der Waals surface area (Å²) in [5.74, 6) is 0.801. The summed E-state index contributed by atoms with van der Waals surface area (Å²) < 4.78 is 0. The number of amides is 1. The molecule has 1 aliphatic heterocycles. The summed E-state index contributed by atoms with van der Waals surface area (Å²) in [6, 6.07) is 0.390. The van der Waals surface area contributed by atoms with E-state index in [2.05, 4.69) is 22.2 Å². The van der Waals surface area contributed by atoms with E-state index in [0.717, 1.165) is 39.0 Å². The Balaban J connectivity index is 0.00000125. The number of hydrogen-bond acceptors (Lipinski definition) is 6. The van der Waals surface area contributed by atoms with E-state index in [9.17, 15) is 4.79 Å². The normalized spacial score (nSPS) is 20.4. The third-order valence-corrected chi connectivity index (χ3v) is 5.47. The molecule has 1 saturated heterocycles. The SMILES string of the molecule is CN(CC(=O)NC1CCCCCCC1)CC1CCCN(CCO)C1.O=CO.O=CO. The van der Waals surface area contributed by atoms with Crippen molar-refractivity contribution >= 4 is 18.9 Å². The van der Waals surface area contributed by atoms with Gasteiger partial charge < -0.3 is 25.5 Å². The molecule has 4 N–H and O–H groups in total. The molecule has 0 spiro atoms. The maximum absolute atomic E-state index is 12.3.